The molecule has 2 aromatic rings. The molecule has 0 radical (unpaired) electrons. The van der Waals surface area contributed by atoms with Gasteiger partial charge in [-0.3, -0.25) is 0 Å². The average molecular weight is 276 g/mol. The molecule has 2 aromatic heterocycles. The smallest absolute Gasteiger partial charge is 0.224 e. The van der Waals surface area contributed by atoms with Gasteiger partial charge >= 0.3 is 0 Å². The Hall–Kier alpha value is -1.76. The number of aryl methyl sites for hydroxylation is 1. The van der Waals surface area contributed by atoms with Gasteiger partial charge in [-0.05, 0) is 13.0 Å². The summed E-state index contributed by atoms with van der Waals surface area (Å²) in [5, 5.41) is 7.47. The standard InChI is InChI=1S/C12H16N6S/c1-2-13-10-3-4-14-11(17-10)15-7-9-8-18-5-6-19-12(18)16-9/h3-4,8H,2,5-7H2,1H3,(H2,13,14,15,17). The molecule has 19 heavy (non-hydrogen) atoms. The van der Waals surface area contributed by atoms with Crippen LogP contribution in [-0.4, -0.2) is 31.8 Å². The zero-order chi connectivity index (χ0) is 13.1. The third-order valence-corrected chi connectivity index (χ3v) is 3.76. The molecule has 2 N–H and O–H groups in total. The van der Waals surface area contributed by atoms with Crippen molar-refractivity contribution in [3.8, 4) is 0 Å². The van der Waals surface area contributed by atoms with Gasteiger partial charge in [0.25, 0.3) is 0 Å². The Morgan fingerprint density at radius 2 is 2.32 bits per heavy atom. The minimum absolute atomic E-state index is 0.624. The molecule has 3 rings (SSSR count). The third kappa shape index (κ3) is 2.81. The highest BCUT2D eigenvalue weighted by atomic mass is 32.2. The molecule has 6 nitrogen and oxygen atoms in total. The second-order valence-corrected chi connectivity index (χ2v) is 5.27. The van der Waals surface area contributed by atoms with Crippen molar-refractivity contribution in [2.75, 3.05) is 22.9 Å². The molecule has 0 unspecified atom stereocenters. The van der Waals surface area contributed by atoms with Gasteiger partial charge in [-0.1, -0.05) is 11.8 Å². The van der Waals surface area contributed by atoms with Gasteiger partial charge in [0.15, 0.2) is 5.16 Å². The lowest BCUT2D eigenvalue weighted by Crippen LogP contribution is -2.06. The van der Waals surface area contributed by atoms with Gasteiger partial charge in [0.1, 0.15) is 5.82 Å². The van der Waals surface area contributed by atoms with Crippen LogP contribution in [0, 0.1) is 0 Å². The maximum atomic E-state index is 4.56. The van der Waals surface area contributed by atoms with Crippen molar-refractivity contribution in [2.45, 2.75) is 25.2 Å². The quantitative estimate of drug-likeness (QED) is 0.868. The van der Waals surface area contributed by atoms with Crippen molar-refractivity contribution >= 4 is 23.5 Å². The van der Waals surface area contributed by atoms with Crippen LogP contribution in [0.3, 0.4) is 0 Å². The Balaban J connectivity index is 1.63. The molecule has 0 fully saturated rings. The first kappa shape index (κ1) is 12.3. The number of aromatic nitrogens is 4. The Morgan fingerprint density at radius 3 is 3.16 bits per heavy atom. The highest BCUT2D eigenvalue weighted by Gasteiger charge is 2.14. The Morgan fingerprint density at radius 1 is 1.37 bits per heavy atom. The fraction of sp³-hybridized carbons (Fsp3) is 0.417. The molecule has 0 saturated heterocycles. The molecule has 1 aliphatic rings. The number of fused-ring (bicyclic) bond motifs is 1. The van der Waals surface area contributed by atoms with Crippen LogP contribution in [0.5, 0.6) is 0 Å². The van der Waals surface area contributed by atoms with E-state index in [0.29, 0.717) is 12.5 Å². The van der Waals surface area contributed by atoms with Crippen LogP contribution in [0.2, 0.25) is 0 Å². The van der Waals surface area contributed by atoms with Crippen LogP contribution in [0.15, 0.2) is 23.6 Å². The van der Waals surface area contributed by atoms with E-state index in [9.17, 15) is 0 Å². The van der Waals surface area contributed by atoms with Crippen LogP contribution in [0.25, 0.3) is 0 Å². The summed E-state index contributed by atoms with van der Waals surface area (Å²) in [4.78, 5) is 13.1. The lowest BCUT2D eigenvalue weighted by molar-refractivity contribution is 0.719. The van der Waals surface area contributed by atoms with E-state index in [2.05, 4.69) is 36.3 Å². The summed E-state index contributed by atoms with van der Waals surface area (Å²) >= 11 is 1.80. The topological polar surface area (TPSA) is 67.7 Å². The normalized spacial score (nSPS) is 13.3. The van der Waals surface area contributed by atoms with Crippen molar-refractivity contribution in [1.82, 2.24) is 19.5 Å². The summed E-state index contributed by atoms with van der Waals surface area (Å²) in [6, 6.07) is 1.86. The highest BCUT2D eigenvalue weighted by Crippen LogP contribution is 2.24. The first-order valence-electron chi connectivity index (χ1n) is 6.35. The van der Waals surface area contributed by atoms with E-state index in [1.54, 1.807) is 18.0 Å². The average Bonchev–Trinajstić information content (AvgIpc) is 2.98. The van der Waals surface area contributed by atoms with Gasteiger partial charge in [-0.15, -0.1) is 0 Å². The molecule has 0 aromatic carbocycles. The van der Waals surface area contributed by atoms with Crippen molar-refractivity contribution in [2.24, 2.45) is 0 Å². The van der Waals surface area contributed by atoms with E-state index >= 15 is 0 Å². The molecule has 0 atom stereocenters. The summed E-state index contributed by atoms with van der Waals surface area (Å²) < 4.78 is 2.19. The lowest BCUT2D eigenvalue weighted by atomic mass is 10.4. The van der Waals surface area contributed by atoms with Gasteiger partial charge in [-0.25, -0.2) is 9.97 Å². The van der Waals surface area contributed by atoms with Crippen LogP contribution >= 0.6 is 11.8 Å². The van der Waals surface area contributed by atoms with Gasteiger partial charge in [-0.2, -0.15) is 4.98 Å². The highest BCUT2D eigenvalue weighted by molar-refractivity contribution is 7.99. The molecule has 1 aliphatic heterocycles. The number of hydrogen-bond acceptors (Lipinski definition) is 6. The van der Waals surface area contributed by atoms with E-state index in [1.165, 1.54) is 0 Å². The van der Waals surface area contributed by atoms with Gasteiger partial charge < -0.3 is 15.2 Å². The predicted octanol–water partition coefficient (Wildman–Crippen LogP) is 1.82. The summed E-state index contributed by atoms with van der Waals surface area (Å²) in [6.07, 6.45) is 3.84. The molecule has 3 heterocycles. The molecular formula is C12H16N6S. The molecule has 100 valence electrons. The maximum absolute atomic E-state index is 4.56. The summed E-state index contributed by atoms with van der Waals surface area (Å²) in [6.45, 7) is 4.59. The SMILES string of the molecule is CCNc1ccnc(NCc2cn3c(n2)SCC3)n1. The zero-order valence-corrected chi connectivity index (χ0v) is 11.6. The zero-order valence-electron chi connectivity index (χ0n) is 10.8. The van der Waals surface area contributed by atoms with Crippen molar-refractivity contribution in [3.63, 3.8) is 0 Å². The Kier molecular flexibility index (Phi) is 3.54. The number of thioether (sulfide) groups is 1. The third-order valence-electron chi connectivity index (χ3n) is 2.79. The molecule has 7 heteroatoms. The van der Waals surface area contributed by atoms with Crippen LogP contribution in [0.1, 0.15) is 12.6 Å². The molecule has 0 saturated carbocycles. The number of nitrogens with one attached hydrogen (secondary N) is 2. The van der Waals surface area contributed by atoms with Crippen molar-refractivity contribution in [1.29, 1.82) is 0 Å². The molecule has 0 spiro atoms. The Labute approximate surface area is 116 Å². The van der Waals surface area contributed by atoms with Crippen LogP contribution in [0.4, 0.5) is 11.8 Å². The van der Waals surface area contributed by atoms with E-state index in [1.807, 2.05) is 13.0 Å². The number of hydrogen-bond donors (Lipinski definition) is 2. The molecule has 0 bridgehead atoms. The van der Waals surface area contributed by atoms with Crippen LogP contribution in [-0.2, 0) is 13.1 Å². The minimum Gasteiger partial charge on any atom is -0.370 e. The lowest BCUT2D eigenvalue weighted by Gasteiger charge is -2.05. The summed E-state index contributed by atoms with van der Waals surface area (Å²) in [5.41, 5.74) is 1.03. The first-order chi connectivity index (χ1) is 9.35. The van der Waals surface area contributed by atoms with Gasteiger partial charge in [0.05, 0.1) is 12.2 Å². The number of rotatable bonds is 5. The summed E-state index contributed by atoms with van der Waals surface area (Å²) in [5.74, 6) is 2.59. The predicted molar refractivity (Wildman–Crippen MR) is 76.5 cm³/mol. The van der Waals surface area contributed by atoms with Crippen LogP contribution < -0.4 is 10.6 Å². The fourth-order valence-electron chi connectivity index (χ4n) is 1.94. The number of anilines is 2. The van der Waals surface area contributed by atoms with E-state index < -0.39 is 0 Å². The van der Waals surface area contributed by atoms with Crippen molar-refractivity contribution < 1.29 is 0 Å². The second-order valence-electron chi connectivity index (χ2n) is 4.21. The molecular weight excluding hydrogens is 260 g/mol. The second kappa shape index (κ2) is 5.48. The van der Waals surface area contributed by atoms with E-state index in [4.69, 9.17) is 0 Å². The van der Waals surface area contributed by atoms with Crippen molar-refractivity contribution in [3.05, 3.63) is 24.2 Å². The number of imidazole rings is 1. The largest absolute Gasteiger partial charge is 0.370 e. The van der Waals surface area contributed by atoms with Gasteiger partial charge in [0, 0.05) is 31.2 Å². The molecule has 0 aliphatic carbocycles. The number of nitrogens with zero attached hydrogens (tertiary/aromatic N) is 4. The minimum atomic E-state index is 0.624. The first-order valence-corrected chi connectivity index (χ1v) is 7.33. The summed E-state index contributed by atoms with van der Waals surface area (Å²) in [7, 11) is 0. The maximum Gasteiger partial charge on any atom is 0.224 e. The van der Waals surface area contributed by atoms with E-state index in [-0.39, 0.29) is 0 Å². The Bertz CT molecular complexity index is 546. The fourth-order valence-corrected chi connectivity index (χ4v) is 2.90. The van der Waals surface area contributed by atoms with E-state index in [0.717, 1.165) is 35.5 Å². The molecule has 0 amide bonds. The monoisotopic (exact) mass is 276 g/mol. The van der Waals surface area contributed by atoms with Gasteiger partial charge in [0.2, 0.25) is 5.95 Å².